The summed E-state index contributed by atoms with van der Waals surface area (Å²) in [4.78, 5) is 2.33. The van der Waals surface area contributed by atoms with Crippen molar-refractivity contribution in [2.45, 2.75) is 19.4 Å². The van der Waals surface area contributed by atoms with Crippen LogP contribution in [0.3, 0.4) is 0 Å². The number of hydrogen-bond acceptors (Lipinski definition) is 2. The molecule has 1 aliphatic heterocycles. The molecule has 1 aliphatic carbocycles. The molecule has 2 aliphatic rings. The summed E-state index contributed by atoms with van der Waals surface area (Å²) >= 11 is 0. The lowest BCUT2D eigenvalue weighted by Crippen LogP contribution is -2.25. The second-order valence-corrected chi connectivity index (χ2v) is 3.59. The Balaban J connectivity index is 1.95. The minimum Gasteiger partial charge on any atom is -0.376 e. The van der Waals surface area contributed by atoms with Crippen molar-refractivity contribution >= 4 is 0 Å². The summed E-state index contributed by atoms with van der Waals surface area (Å²) in [5, 5.41) is 0. The first-order chi connectivity index (χ1) is 5.27. The molecule has 0 aromatic carbocycles. The SMILES string of the molecule is C=C(C)N1CCOC2CC2C1. The first-order valence-corrected chi connectivity index (χ1v) is 4.29. The smallest absolute Gasteiger partial charge is 0.0645 e. The summed E-state index contributed by atoms with van der Waals surface area (Å²) in [5.74, 6) is 0.800. The van der Waals surface area contributed by atoms with E-state index in [-0.39, 0.29) is 0 Å². The second kappa shape index (κ2) is 2.52. The van der Waals surface area contributed by atoms with Gasteiger partial charge in [0, 0.05) is 24.7 Å². The molecular formula is C9H15NO. The highest BCUT2D eigenvalue weighted by Gasteiger charge is 2.40. The molecule has 2 fully saturated rings. The molecule has 2 heteroatoms. The molecule has 2 nitrogen and oxygen atoms in total. The van der Waals surface area contributed by atoms with E-state index >= 15 is 0 Å². The fourth-order valence-corrected chi connectivity index (χ4v) is 1.65. The van der Waals surface area contributed by atoms with Crippen molar-refractivity contribution in [2.24, 2.45) is 5.92 Å². The van der Waals surface area contributed by atoms with Crippen molar-refractivity contribution < 1.29 is 4.74 Å². The molecule has 62 valence electrons. The normalized spacial score (nSPS) is 35.9. The Morgan fingerprint density at radius 1 is 1.64 bits per heavy atom. The largest absolute Gasteiger partial charge is 0.376 e. The molecule has 0 aromatic heterocycles. The molecule has 2 rings (SSSR count). The number of ether oxygens (including phenoxy) is 1. The first kappa shape index (κ1) is 7.17. The topological polar surface area (TPSA) is 12.5 Å². The molecule has 0 N–H and O–H groups in total. The molecule has 0 spiro atoms. The van der Waals surface area contributed by atoms with Gasteiger partial charge >= 0.3 is 0 Å². The van der Waals surface area contributed by atoms with Crippen LogP contribution < -0.4 is 0 Å². The standard InChI is InChI=1S/C9H15NO/c1-7(2)10-3-4-11-9-5-8(9)6-10/h8-9H,1,3-6H2,2H3. The van der Waals surface area contributed by atoms with Gasteiger partial charge in [-0.15, -0.1) is 0 Å². The van der Waals surface area contributed by atoms with E-state index in [2.05, 4.69) is 18.4 Å². The van der Waals surface area contributed by atoms with Gasteiger partial charge in [0.25, 0.3) is 0 Å². The third-order valence-corrected chi connectivity index (χ3v) is 2.55. The Labute approximate surface area is 67.8 Å². The Morgan fingerprint density at radius 2 is 2.45 bits per heavy atom. The van der Waals surface area contributed by atoms with Crippen molar-refractivity contribution in [3.63, 3.8) is 0 Å². The van der Waals surface area contributed by atoms with Crippen molar-refractivity contribution in [2.75, 3.05) is 19.7 Å². The van der Waals surface area contributed by atoms with E-state index in [0.717, 1.165) is 19.1 Å². The average molecular weight is 153 g/mol. The van der Waals surface area contributed by atoms with E-state index in [1.807, 2.05) is 0 Å². The number of allylic oxidation sites excluding steroid dienone is 1. The van der Waals surface area contributed by atoms with Crippen molar-refractivity contribution in [1.29, 1.82) is 0 Å². The third-order valence-electron chi connectivity index (χ3n) is 2.55. The monoisotopic (exact) mass is 153 g/mol. The quantitative estimate of drug-likeness (QED) is 0.562. The van der Waals surface area contributed by atoms with E-state index in [4.69, 9.17) is 4.74 Å². The van der Waals surface area contributed by atoms with Crippen LogP contribution in [0.25, 0.3) is 0 Å². The Hall–Kier alpha value is -0.500. The zero-order chi connectivity index (χ0) is 7.84. The molecule has 2 unspecified atom stereocenters. The highest BCUT2D eigenvalue weighted by molar-refractivity contribution is 4.98. The molecule has 0 radical (unpaired) electrons. The summed E-state index contributed by atoms with van der Waals surface area (Å²) in [6, 6.07) is 0. The molecule has 0 bridgehead atoms. The number of nitrogens with zero attached hydrogens (tertiary/aromatic N) is 1. The fraction of sp³-hybridized carbons (Fsp3) is 0.778. The number of fused-ring (bicyclic) bond motifs is 1. The van der Waals surface area contributed by atoms with Gasteiger partial charge < -0.3 is 9.64 Å². The van der Waals surface area contributed by atoms with Crippen molar-refractivity contribution in [3.8, 4) is 0 Å². The van der Waals surface area contributed by atoms with Gasteiger partial charge in [-0.25, -0.2) is 0 Å². The zero-order valence-corrected chi connectivity index (χ0v) is 7.05. The summed E-state index contributed by atoms with van der Waals surface area (Å²) in [6.07, 6.45) is 1.85. The maximum Gasteiger partial charge on any atom is 0.0645 e. The highest BCUT2D eigenvalue weighted by Crippen LogP contribution is 2.36. The van der Waals surface area contributed by atoms with Crippen LogP contribution in [0, 0.1) is 5.92 Å². The summed E-state index contributed by atoms with van der Waals surface area (Å²) in [6.45, 7) is 9.10. The van der Waals surface area contributed by atoms with Crippen LogP contribution in [0.15, 0.2) is 12.3 Å². The van der Waals surface area contributed by atoms with E-state index in [0.29, 0.717) is 6.10 Å². The van der Waals surface area contributed by atoms with Crippen LogP contribution in [0.1, 0.15) is 13.3 Å². The van der Waals surface area contributed by atoms with Gasteiger partial charge in [-0.2, -0.15) is 0 Å². The van der Waals surface area contributed by atoms with Gasteiger partial charge in [-0.3, -0.25) is 0 Å². The van der Waals surface area contributed by atoms with Gasteiger partial charge in [0.1, 0.15) is 0 Å². The van der Waals surface area contributed by atoms with Crippen LogP contribution in [0.2, 0.25) is 0 Å². The number of rotatable bonds is 1. The lowest BCUT2D eigenvalue weighted by Gasteiger charge is -2.22. The summed E-state index contributed by atoms with van der Waals surface area (Å²) in [5.41, 5.74) is 1.18. The summed E-state index contributed by atoms with van der Waals surface area (Å²) < 4.78 is 5.57. The van der Waals surface area contributed by atoms with Crippen molar-refractivity contribution in [3.05, 3.63) is 12.3 Å². The zero-order valence-electron chi connectivity index (χ0n) is 7.05. The van der Waals surface area contributed by atoms with E-state index in [1.165, 1.54) is 18.7 Å². The highest BCUT2D eigenvalue weighted by atomic mass is 16.5. The molecule has 2 atom stereocenters. The number of hydrogen-bond donors (Lipinski definition) is 0. The maximum absolute atomic E-state index is 5.57. The predicted molar refractivity (Wildman–Crippen MR) is 44.2 cm³/mol. The summed E-state index contributed by atoms with van der Waals surface area (Å²) in [7, 11) is 0. The molecule has 0 aromatic rings. The predicted octanol–water partition coefficient (Wildman–Crippen LogP) is 1.24. The van der Waals surface area contributed by atoms with E-state index in [9.17, 15) is 0 Å². The van der Waals surface area contributed by atoms with Crippen LogP contribution in [0.5, 0.6) is 0 Å². The third kappa shape index (κ3) is 1.41. The minimum atomic E-state index is 0.583. The van der Waals surface area contributed by atoms with Gasteiger partial charge in [0.05, 0.1) is 12.7 Å². The van der Waals surface area contributed by atoms with E-state index < -0.39 is 0 Å². The molecular weight excluding hydrogens is 138 g/mol. The first-order valence-electron chi connectivity index (χ1n) is 4.29. The van der Waals surface area contributed by atoms with Crippen LogP contribution in [-0.2, 0) is 4.74 Å². The Bertz CT molecular complexity index is 178. The van der Waals surface area contributed by atoms with Crippen LogP contribution in [-0.4, -0.2) is 30.7 Å². The second-order valence-electron chi connectivity index (χ2n) is 3.59. The van der Waals surface area contributed by atoms with Gasteiger partial charge in [-0.05, 0) is 13.3 Å². The van der Waals surface area contributed by atoms with Crippen LogP contribution in [0.4, 0.5) is 0 Å². The van der Waals surface area contributed by atoms with Gasteiger partial charge in [0.2, 0.25) is 0 Å². The molecule has 0 amide bonds. The Kier molecular flexibility index (Phi) is 1.64. The maximum atomic E-state index is 5.57. The molecule has 1 heterocycles. The van der Waals surface area contributed by atoms with Crippen molar-refractivity contribution in [1.82, 2.24) is 4.90 Å². The van der Waals surface area contributed by atoms with Gasteiger partial charge in [-0.1, -0.05) is 6.58 Å². The Morgan fingerprint density at radius 3 is 3.18 bits per heavy atom. The van der Waals surface area contributed by atoms with Crippen LogP contribution >= 0.6 is 0 Å². The molecule has 11 heavy (non-hydrogen) atoms. The fourth-order valence-electron chi connectivity index (χ4n) is 1.65. The molecule has 1 saturated heterocycles. The van der Waals surface area contributed by atoms with Gasteiger partial charge in [0.15, 0.2) is 0 Å². The van der Waals surface area contributed by atoms with E-state index in [1.54, 1.807) is 0 Å². The lowest BCUT2D eigenvalue weighted by atomic mass is 10.3. The average Bonchev–Trinajstić information content (AvgIpc) is 2.59. The molecule has 1 saturated carbocycles. The minimum absolute atomic E-state index is 0.583. The lowest BCUT2D eigenvalue weighted by molar-refractivity contribution is 0.116.